The molecule has 0 unspecified atom stereocenters. The number of aliphatic imine (C=N–C) groups is 1. The van der Waals surface area contributed by atoms with Gasteiger partial charge >= 0.3 is 0 Å². The van der Waals surface area contributed by atoms with Crippen LogP contribution in [0.4, 0.5) is 10.1 Å². The summed E-state index contributed by atoms with van der Waals surface area (Å²) in [6, 6.07) is 14.9. The molecule has 1 N–H and O–H groups in total. The quantitative estimate of drug-likeness (QED) is 0.290. The molecule has 4 nitrogen and oxygen atoms in total. The van der Waals surface area contributed by atoms with Crippen molar-refractivity contribution in [2.45, 2.75) is 6.61 Å². The number of halogens is 5. The van der Waals surface area contributed by atoms with Crippen molar-refractivity contribution in [3.63, 3.8) is 0 Å². The van der Waals surface area contributed by atoms with Crippen LogP contribution >= 0.6 is 66.8 Å². The highest BCUT2D eigenvalue weighted by Gasteiger charge is 2.24. The first-order valence-corrected chi connectivity index (χ1v) is 12.6. The Kier molecular flexibility index (Phi) is 7.81. The van der Waals surface area contributed by atoms with Gasteiger partial charge in [-0.15, -0.1) is 0 Å². The Balaban J connectivity index is 1.51. The minimum atomic E-state index is -0.295. The maximum atomic E-state index is 13.1. The van der Waals surface area contributed by atoms with E-state index >= 15 is 0 Å². The van der Waals surface area contributed by atoms with Crippen molar-refractivity contribution in [3.05, 3.63) is 95.4 Å². The Bertz CT molecular complexity index is 1280. The van der Waals surface area contributed by atoms with Crippen molar-refractivity contribution < 1.29 is 13.9 Å². The Morgan fingerprint density at radius 2 is 1.79 bits per heavy atom. The minimum absolute atomic E-state index is 0.263. The van der Waals surface area contributed by atoms with Gasteiger partial charge in [0.05, 0.1) is 29.6 Å². The average molecular weight is 631 g/mol. The fourth-order valence-corrected chi connectivity index (χ4v) is 5.48. The summed E-state index contributed by atoms with van der Waals surface area (Å²) in [4.78, 5) is 17.3. The number of benzene rings is 3. The van der Waals surface area contributed by atoms with Crippen LogP contribution in [0, 0.1) is 5.82 Å². The molecule has 1 aliphatic heterocycles. The summed E-state index contributed by atoms with van der Waals surface area (Å²) >= 11 is 20.4. The lowest BCUT2D eigenvalue weighted by Crippen LogP contribution is -2.19. The molecule has 0 spiro atoms. The Hall–Kier alpha value is -1.84. The monoisotopic (exact) mass is 628 g/mol. The fraction of sp³-hybridized carbons (Fsp3) is 0.0435. The average Bonchev–Trinajstić information content (AvgIpc) is 3.10. The molecular weight excluding hydrogens is 618 g/mol. The van der Waals surface area contributed by atoms with Crippen molar-refractivity contribution in [2.24, 2.45) is 4.99 Å². The molecule has 0 radical (unpaired) electrons. The van der Waals surface area contributed by atoms with Gasteiger partial charge in [0.1, 0.15) is 18.2 Å². The highest BCUT2D eigenvalue weighted by molar-refractivity contribution is 9.11. The van der Waals surface area contributed by atoms with Crippen LogP contribution in [0.25, 0.3) is 6.08 Å². The summed E-state index contributed by atoms with van der Waals surface area (Å²) in [7, 11) is 0. The van der Waals surface area contributed by atoms with E-state index in [0.717, 1.165) is 11.1 Å². The van der Waals surface area contributed by atoms with Crippen LogP contribution in [-0.2, 0) is 11.4 Å². The van der Waals surface area contributed by atoms with Gasteiger partial charge in [0.15, 0.2) is 5.17 Å². The molecule has 0 aromatic heterocycles. The molecular formula is C23H13Br2Cl2FN2O2S. The first-order chi connectivity index (χ1) is 15.8. The molecule has 0 saturated carbocycles. The Morgan fingerprint density at radius 1 is 1.09 bits per heavy atom. The molecule has 168 valence electrons. The molecule has 0 atom stereocenters. The van der Waals surface area contributed by atoms with E-state index in [-0.39, 0.29) is 18.3 Å². The fourth-order valence-electron chi connectivity index (χ4n) is 2.86. The lowest BCUT2D eigenvalue weighted by atomic mass is 10.2. The van der Waals surface area contributed by atoms with Crippen LogP contribution in [-0.4, -0.2) is 11.1 Å². The maximum Gasteiger partial charge on any atom is 0.264 e. The molecule has 0 bridgehead atoms. The second-order valence-electron chi connectivity index (χ2n) is 6.78. The zero-order chi connectivity index (χ0) is 23.5. The van der Waals surface area contributed by atoms with E-state index in [1.54, 1.807) is 36.4 Å². The molecule has 3 aromatic carbocycles. The normalized spacial score (nSPS) is 15.8. The van der Waals surface area contributed by atoms with Crippen molar-refractivity contribution in [1.82, 2.24) is 5.32 Å². The standard InChI is InChI=1S/C23H13Br2Cl2FN2O2S/c24-15-8-13(9-16(25)21(15)32-11-12-4-6-14(28)7-5-12)10-19-22(31)30-23(33-19)29-18-3-1-2-17(26)20(18)27/h1-10H,11H2,(H,29,30,31)/b19-10-. The number of ether oxygens (including phenoxy) is 1. The number of carbonyl (C=O) groups is 1. The van der Waals surface area contributed by atoms with Gasteiger partial charge in [-0.05, 0) is 97.2 Å². The third-order valence-corrected chi connectivity index (χ3v) is 7.32. The predicted octanol–water partition coefficient (Wildman–Crippen LogP) is 8.13. The topological polar surface area (TPSA) is 50.7 Å². The van der Waals surface area contributed by atoms with Crippen LogP contribution in [0.1, 0.15) is 11.1 Å². The molecule has 0 aliphatic carbocycles. The molecule has 1 amide bonds. The van der Waals surface area contributed by atoms with Gasteiger partial charge in [0.2, 0.25) is 0 Å². The zero-order valence-corrected chi connectivity index (χ0v) is 22.0. The van der Waals surface area contributed by atoms with E-state index in [4.69, 9.17) is 27.9 Å². The van der Waals surface area contributed by atoms with Crippen LogP contribution < -0.4 is 10.1 Å². The highest BCUT2D eigenvalue weighted by Crippen LogP contribution is 2.38. The third kappa shape index (κ3) is 6.00. The van der Waals surface area contributed by atoms with Crippen molar-refractivity contribution in [1.29, 1.82) is 0 Å². The van der Waals surface area contributed by atoms with Crippen molar-refractivity contribution >= 4 is 89.7 Å². The maximum absolute atomic E-state index is 13.1. The summed E-state index contributed by atoms with van der Waals surface area (Å²) < 4.78 is 20.4. The van der Waals surface area contributed by atoms with Crippen LogP contribution in [0.5, 0.6) is 5.75 Å². The third-order valence-electron chi connectivity index (χ3n) is 4.42. The second-order valence-corrected chi connectivity index (χ2v) is 10.3. The lowest BCUT2D eigenvalue weighted by Gasteiger charge is -2.11. The number of amides is 1. The predicted molar refractivity (Wildman–Crippen MR) is 140 cm³/mol. The summed E-state index contributed by atoms with van der Waals surface area (Å²) in [6.45, 7) is 0.280. The molecule has 4 rings (SSSR count). The number of hydrogen-bond acceptors (Lipinski definition) is 4. The number of thioether (sulfide) groups is 1. The Labute approximate surface area is 220 Å². The summed E-state index contributed by atoms with van der Waals surface area (Å²) in [5.74, 6) is 0.0415. The number of amidine groups is 1. The molecule has 1 aliphatic rings. The van der Waals surface area contributed by atoms with E-state index in [9.17, 15) is 9.18 Å². The summed E-state index contributed by atoms with van der Waals surface area (Å²) in [5.41, 5.74) is 2.09. The van der Waals surface area contributed by atoms with Gasteiger partial charge in [0, 0.05) is 0 Å². The SMILES string of the molecule is O=C1NC(=Nc2cccc(Cl)c2Cl)S/C1=C\c1cc(Br)c(OCc2ccc(F)cc2)c(Br)c1. The highest BCUT2D eigenvalue weighted by atomic mass is 79.9. The van der Waals surface area contributed by atoms with Crippen molar-refractivity contribution in [2.75, 3.05) is 0 Å². The largest absolute Gasteiger partial charge is 0.487 e. The first kappa shape index (κ1) is 24.3. The van der Waals surface area contributed by atoms with Crippen LogP contribution in [0.3, 0.4) is 0 Å². The smallest absolute Gasteiger partial charge is 0.264 e. The van der Waals surface area contributed by atoms with E-state index in [1.807, 2.05) is 12.1 Å². The molecule has 10 heteroatoms. The van der Waals surface area contributed by atoms with E-state index in [2.05, 4.69) is 42.2 Å². The second kappa shape index (κ2) is 10.6. The summed E-state index contributed by atoms with van der Waals surface area (Å²) in [6.07, 6.45) is 1.75. The van der Waals surface area contributed by atoms with E-state index in [1.165, 1.54) is 23.9 Å². The van der Waals surface area contributed by atoms with E-state index < -0.39 is 0 Å². The number of carbonyl (C=O) groups excluding carboxylic acids is 1. The van der Waals surface area contributed by atoms with Gasteiger partial charge in [-0.25, -0.2) is 9.38 Å². The lowest BCUT2D eigenvalue weighted by molar-refractivity contribution is -0.115. The first-order valence-electron chi connectivity index (χ1n) is 9.40. The van der Waals surface area contributed by atoms with E-state index in [0.29, 0.717) is 40.5 Å². The van der Waals surface area contributed by atoms with Gasteiger partial charge in [-0.1, -0.05) is 41.4 Å². The molecule has 1 fully saturated rings. The molecule has 1 saturated heterocycles. The Morgan fingerprint density at radius 3 is 2.48 bits per heavy atom. The molecule has 3 aromatic rings. The zero-order valence-electron chi connectivity index (χ0n) is 16.5. The summed E-state index contributed by atoms with van der Waals surface area (Å²) in [5, 5.41) is 3.85. The number of rotatable bonds is 5. The number of nitrogens with one attached hydrogen (secondary N) is 1. The van der Waals surface area contributed by atoms with Gasteiger partial charge < -0.3 is 10.1 Å². The van der Waals surface area contributed by atoms with Gasteiger partial charge in [0.25, 0.3) is 5.91 Å². The van der Waals surface area contributed by atoms with Crippen molar-refractivity contribution in [3.8, 4) is 5.75 Å². The molecule has 33 heavy (non-hydrogen) atoms. The van der Waals surface area contributed by atoms with Gasteiger partial charge in [-0.3, -0.25) is 4.79 Å². The van der Waals surface area contributed by atoms with Crippen LogP contribution in [0.15, 0.2) is 73.4 Å². The molecule has 1 heterocycles. The van der Waals surface area contributed by atoms with Gasteiger partial charge in [-0.2, -0.15) is 0 Å². The van der Waals surface area contributed by atoms with Crippen LogP contribution in [0.2, 0.25) is 10.0 Å². The minimum Gasteiger partial charge on any atom is -0.487 e. The number of nitrogens with zero attached hydrogens (tertiary/aromatic N) is 1. The number of hydrogen-bond donors (Lipinski definition) is 1.